The van der Waals surface area contributed by atoms with Crippen molar-refractivity contribution >= 4 is 6.03 Å². The Morgan fingerprint density at radius 3 is 2.50 bits per heavy atom. The number of urea groups is 1. The van der Waals surface area contributed by atoms with E-state index >= 15 is 0 Å². The number of hydrogen-bond acceptors (Lipinski definition) is 3. The third kappa shape index (κ3) is 5.35. The Labute approximate surface area is 148 Å². The fourth-order valence-electron chi connectivity index (χ4n) is 4.06. The van der Waals surface area contributed by atoms with Gasteiger partial charge < -0.3 is 15.0 Å². The van der Waals surface area contributed by atoms with Crippen molar-refractivity contribution in [1.82, 2.24) is 15.1 Å². The molecule has 0 saturated carbocycles. The number of carbonyl (C=O) groups is 1. The summed E-state index contributed by atoms with van der Waals surface area (Å²) in [5.41, 5.74) is -0.0120. The maximum absolute atomic E-state index is 12.6. The molecule has 0 aromatic rings. The van der Waals surface area contributed by atoms with Crippen LogP contribution in [0.3, 0.4) is 0 Å². The van der Waals surface area contributed by atoms with Crippen LogP contribution in [-0.2, 0) is 4.74 Å². The molecule has 0 radical (unpaired) electrons. The number of ether oxygens (including phenoxy) is 1. The van der Waals surface area contributed by atoms with Crippen molar-refractivity contribution in [3.05, 3.63) is 0 Å². The third-order valence-corrected chi connectivity index (χ3v) is 5.51. The predicted molar refractivity (Wildman–Crippen MR) is 98.2 cm³/mol. The van der Waals surface area contributed by atoms with E-state index in [0.717, 1.165) is 50.9 Å². The second-order valence-corrected chi connectivity index (χ2v) is 8.50. The van der Waals surface area contributed by atoms with Crippen LogP contribution in [0.25, 0.3) is 0 Å². The molecule has 140 valence electrons. The molecule has 5 heteroatoms. The lowest BCUT2D eigenvalue weighted by Gasteiger charge is -2.45. The van der Waals surface area contributed by atoms with Gasteiger partial charge in [0.2, 0.25) is 0 Å². The van der Waals surface area contributed by atoms with Gasteiger partial charge in [0.1, 0.15) is 0 Å². The van der Waals surface area contributed by atoms with Gasteiger partial charge >= 0.3 is 6.03 Å². The molecule has 2 aliphatic heterocycles. The van der Waals surface area contributed by atoms with Crippen molar-refractivity contribution in [2.75, 3.05) is 39.3 Å². The average molecular weight is 340 g/mol. The van der Waals surface area contributed by atoms with Crippen LogP contribution in [0.1, 0.15) is 53.9 Å². The van der Waals surface area contributed by atoms with Crippen molar-refractivity contribution in [1.29, 1.82) is 0 Å². The summed E-state index contributed by atoms with van der Waals surface area (Å²) in [7, 11) is 0. The summed E-state index contributed by atoms with van der Waals surface area (Å²) >= 11 is 0. The largest absolute Gasteiger partial charge is 0.376 e. The van der Waals surface area contributed by atoms with E-state index in [1.165, 1.54) is 6.42 Å². The van der Waals surface area contributed by atoms with E-state index < -0.39 is 0 Å². The molecule has 2 amide bonds. The number of likely N-dealkylation sites (N-methyl/N-ethyl adjacent to an activating group) is 1. The van der Waals surface area contributed by atoms with Crippen LogP contribution in [0.4, 0.5) is 4.79 Å². The Balaban J connectivity index is 1.83. The molecular weight excluding hydrogens is 302 g/mol. The summed E-state index contributed by atoms with van der Waals surface area (Å²) in [6.07, 6.45) is 3.71. The average Bonchev–Trinajstić information content (AvgIpc) is 3.02. The molecule has 3 unspecified atom stereocenters. The Morgan fingerprint density at radius 1 is 1.29 bits per heavy atom. The zero-order chi connectivity index (χ0) is 17.7. The highest BCUT2D eigenvalue weighted by atomic mass is 16.5. The standard InChI is InChI=1S/C19H37N3O2/c1-6-21(13-17-8-7-9-24-17)18(23)20-14-19(4,5)22-11-15(2)10-16(3)12-22/h15-17H,6-14H2,1-5H3,(H,20,23). The third-order valence-electron chi connectivity index (χ3n) is 5.51. The Hall–Kier alpha value is -0.810. The van der Waals surface area contributed by atoms with Gasteiger partial charge in [0.25, 0.3) is 0 Å². The van der Waals surface area contributed by atoms with E-state index in [-0.39, 0.29) is 17.7 Å². The molecule has 1 N–H and O–H groups in total. The van der Waals surface area contributed by atoms with Crippen molar-refractivity contribution in [3.8, 4) is 0 Å². The lowest BCUT2D eigenvalue weighted by molar-refractivity contribution is 0.0452. The minimum atomic E-state index is -0.0120. The van der Waals surface area contributed by atoms with Crippen LogP contribution in [0, 0.1) is 11.8 Å². The monoisotopic (exact) mass is 339 g/mol. The van der Waals surface area contributed by atoms with E-state index in [4.69, 9.17) is 4.74 Å². The summed E-state index contributed by atoms with van der Waals surface area (Å²) in [6, 6.07) is 0.0409. The number of carbonyl (C=O) groups excluding carboxylic acids is 1. The van der Waals surface area contributed by atoms with Crippen LogP contribution < -0.4 is 5.32 Å². The van der Waals surface area contributed by atoms with Gasteiger partial charge in [-0.25, -0.2) is 4.79 Å². The molecule has 0 bridgehead atoms. The van der Waals surface area contributed by atoms with Gasteiger partial charge in [-0.15, -0.1) is 0 Å². The first kappa shape index (κ1) is 19.5. The minimum absolute atomic E-state index is 0.0120. The molecule has 2 fully saturated rings. The quantitative estimate of drug-likeness (QED) is 0.809. The zero-order valence-electron chi connectivity index (χ0n) is 16.3. The van der Waals surface area contributed by atoms with E-state index in [2.05, 4.69) is 37.9 Å². The Kier molecular flexibility index (Phi) is 6.93. The first-order valence-corrected chi connectivity index (χ1v) is 9.71. The Morgan fingerprint density at radius 2 is 1.96 bits per heavy atom. The summed E-state index contributed by atoms with van der Waals surface area (Å²) < 4.78 is 5.67. The van der Waals surface area contributed by atoms with Gasteiger partial charge in [0.15, 0.2) is 0 Å². The topological polar surface area (TPSA) is 44.8 Å². The zero-order valence-corrected chi connectivity index (χ0v) is 16.3. The lowest BCUT2D eigenvalue weighted by atomic mass is 9.88. The highest BCUT2D eigenvalue weighted by Crippen LogP contribution is 2.26. The molecule has 2 heterocycles. The van der Waals surface area contributed by atoms with E-state index in [1.807, 2.05) is 11.8 Å². The van der Waals surface area contributed by atoms with Crippen molar-refractivity contribution in [2.45, 2.75) is 65.5 Å². The van der Waals surface area contributed by atoms with Crippen LogP contribution in [-0.4, -0.2) is 66.8 Å². The van der Waals surface area contributed by atoms with E-state index in [1.54, 1.807) is 0 Å². The van der Waals surface area contributed by atoms with E-state index in [0.29, 0.717) is 13.1 Å². The number of nitrogens with one attached hydrogen (secondary N) is 1. The van der Waals surface area contributed by atoms with E-state index in [9.17, 15) is 4.79 Å². The minimum Gasteiger partial charge on any atom is -0.376 e. The summed E-state index contributed by atoms with van der Waals surface area (Å²) in [6.45, 7) is 16.4. The van der Waals surface area contributed by atoms with Gasteiger partial charge in [-0.1, -0.05) is 13.8 Å². The fraction of sp³-hybridized carbons (Fsp3) is 0.947. The van der Waals surface area contributed by atoms with Crippen LogP contribution >= 0.6 is 0 Å². The second kappa shape index (κ2) is 8.52. The maximum Gasteiger partial charge on any atom is 0.317 e. The molecule has 0 spiro atoms. The van der Waals surface area contributed by atoms with Gasteiger partial charge in [-0.05, 0) is 51.9 Å². The first-order chi connectivity index (χ1) is 11.3. The maximum atomic E-state index is 12.6. The number of rotatable bonds is 6. The molecule has 2 saturated heterocycles. The molecule has 5 nitrogen and oxygen atoms in total. The number of likely N-dealkylation sites (tertiary alicyclic amines) is 1. The van der Waals surface area contributed by atoms with Gasteiger partial charge in [0.05, 0.1) is 6.10 Å². The van der Waals surface area contributed by atoms with Crippen LogP contribution in [0.5, 0.6) is 0 Å². The summed E-state index contributed by atoms with van der Waals surface area (Å²) in [4.78, 5) is 17.0. The second-order valence-electron chi connectivity index (χ2n) is 8.50. The van der Waals surface area contributed by atoms with Crippen molar-refractivity contribution in [2.24, 2.45) is 11.8 Å². The normalized spacial score (nSPS) is 28.8. The highest BCUT2D eigenvalue weighted by molar-refractivity contribution is 5.74. The van der Waals surface area contributed by atoms with Crippen molar-refractivity contribution < 1.29 is 9.53 Å². The molecule has 3 atom stereocenters. The van der Waals surface area contributed by atoms with Crippen molar-refractivity contribution in [3.63, 3.8) is 0 Å². The van der Waals surface area contributed by atoms with Crippen LogP contribution in [0.15, 0.2) is 0 Å². The SMILES string of the molecule is CCN(CC1CCCO1)C(=O)NCC(C)(C)N1CC(C)CC(C)C1. The van der Waals surface area contributed by atoms with Crippen LogP contribution in [0.2, 0.25) is 0 Å². The lowest BCUT2D eigenvalue weighted by Crippen LogP contribution is -2.57. The highest BCUT2D eigenvalue weighted by Gasteiger charge is 2.33. The molecule has 24 heavy (non-hydrogen) atoms. The molecule has 0 aliphatic carbocycles. The summed E-state index contributed by atoms with van der Waals surface area (Å²) in [5.74, 6) is 1.46. The van der Waals surface area contributed by atoms with Gasteiger partial charge in [-0.2, -0.15) is 0 Å². The summed E-state index contributed by atoms with van der Waals surface area (Å²) in [5, 5.41) is 3.16. The predicted octanol–water partition coefficient (Wildman–Crippen LogP) is 2.95. The smallest absolute Gasteiger partial charge is 0.317 e. The van der Waals surface area contributed by atoms with Gasteiger partial charge in [0, 0.05) is 44.9 Å². The number of amides is 2. The number of nitrogens with zero attached hydrogens (tertiary/aromatic N) is 2. The number of hydrogen-bond donors (Lipinski definition) is 1. The molecule has 0 aromatic heterocycles. The first-order valence-electron chi connectivity index (χ1n) is 9.71. The fourth-order valence-corrected chi connectivity index (χ4v) is 4.06. The Bertz CT molecular complexity index is 397. The molecular formula is C19H37N3O2. The molecule has 2 rings (SSSR count). The molecule has 0 aromatic carbocycles. The molecule has 2 aliphatic rings. The van der Waals surface area contributed by atoms with Gasteiger partial charge in [-0.3, -0.25) is 4.90 Å². The number of piperidine rings is 1.